The quantitative estimate of drug-likeness (QED) is 0.860. The van der Waals surface area contributed by atoms with Gasteiger partial charge in [0.05, 0.1) is 0 Å². The van der Waals surface area contributed by atoms with Gasteiger partial charge < -0.3 is 10.2 Å². The summed E-state index contributed by atoms with van der Waals surface area (Å²) in [6.45, 7) is 4.92. The van der Waals surface area contributed by atoms with Gasteiger partial charge in [-0.25, -0.2) is 0 Å². The van der Waals surface area contributed by atoms with Gasteiger partial charge in [-0.15, -0.1) is 0 Å². The van der Waals surface area contributed by atoms with Crippen LogP contribution in [0.5, 0.6) is 0 Å². The minimum Gasteiger partial charge on any atom is -0.334 e. The van der Waals surface area contributed by atoms with Crippen LogP contribution in [0.25, 0.3) is 0 Å². The Bertz CT molecular complexity index is 358. The van der Waals surface area contributed by atoms with Gasteiger partial charge in [-0.05, 0) is 31.5 Å². The second kappa shape index (κ2) is 5.82. The average Bonchev–Trinajstić information content (AvgIpc) is 2.90. The molecule has 0 aliphatic carbocycles. The molecule has 1 aromatic rings. The molecule has 0 spiro atoms. The Kier molecular flexibility index (Phi) is 4.15. The Balaban J connectivity index is 2.12. The summed E-state index contributed by atoms with van der Waals surface area (Å²) in [6, 6.07) is 9.94. The zero-order valence-electron chi connectivity index (χ0n) is 10.4. The predicted molar refractivity (Wildman–Crippen MR) is 69.0 cm³/mol. The van der Waals surface area contributed by atoms with E-state index in [1.165, 1.54) is 0 Å². The van der Waals surface area contributed by atoms with Gasteiger partial charge in [0.15, 0.2) is 0 Å². The van der Waals surface area contributed by atoms with Crippen molar-refractivity contribution >= 4 is 5.91 Å². The van der Waals surface area contributed by atoms with Gasteiger partial charge in [0, 0.05) is 24.7 Å². The number of rotatable bonds is 4. The number of nitrogens with one attached hydrogen (secondary N) is 1. The molecule has 1 atom stereocenters. The van der Waals surface area contributed by atoms with Crippen LogP contribution in [0.1, 0.15) is 30.1 Å². The molecule has 1 N–H and O–H groups in total. The molecule has 0 saturated carbocycles. The van der Waals surface area contributed by atoms with Gasteiger partial charge in [0.25, 0.3) is 5.91 Å². The predicted octanol–water partition coefficient (Wildman–Crippen LogP) is 1.90. The normalized spacial score (nSPS) is 19.2. The molecule has 0 bridgehead atoms. The van der Waals surface area contributed by atoms with Crippen LogP contribution in [-0.2, 0) is 0 Å². The largest absolute Gasteiger partial charge is 0.334 e. The van der Waals surface area contributed by atoms with E-state index in [1.54, 1.807) is 0 Å². The molecule has 3 heteroatoms. The third-order valence-electron chi connectivity index (χ3n) is 3.22. The molecule has 1 aliphatic heterocycles. The highest BCUT2D eigenvalue weighted by molar-refractivity contribution is 5.94. The van der Waals surface area contributed by atoms with E-state index in [1.807, 2.05) is 35.2 Å². The van der Waals surface area contributed by atoms with Gasteiger partial charge in [-0.1, -0.05) is 25.1 Å². The molecule has 1 unspecified atom stereocenters. The van der Waals surface area contributed by atoms with Crippen LogP contribution in [0, 0.1) is 0 Å². The molecule has 92 valence electrons. The average molecular weight is 232 g/mol. The number of carbonyl (C=O) groups is 1. The van der Waals surface area contributed by atoms with E-state index >= 15 is 0 Å². The Morgan fingerprint density at radius 1 is 1.41 bits per heavy atom. The van der Waals surface area contributed by atoms with E-state index in [4.69, 9.17) is 0 Å². The second-order valence-electron chi connectivity index (χ2n) is 4.51. The van der Waals surface area contributed by atoms with Crippen LogP contribution in [0.3, 0.4) is 0 Å². The third-order valence-corrected chi connectivity index (χ3v) is 3.22. The summed E-state index contributed by atoms with van der Waals surface area (Å²) in [7, 11) is 0. The van der Waals surface area contributed by atoms with E-state index in [0.717, 1.165) is 38.0 Å². The Morgan fingerprint density at radius 3 is 2.76 bits per heavy atom. The fourth-order valence-electron chi connectivity index (χ4n) is 2.34. The highest BCUT2D eigenvalue weighted by Gasteiger charge is 2.26. The fourth-order valence-corrected chi connectivity index (χ4v) is 2.34. The van der Waals surface area contributed by atoms with Crippen molar-refractivity contribution in [3.05, 3.63) is 35.9 Å². The first kappa shape index (κ1) is 12.1. The van der Waals surface area contributed by atoms with Crippen molar-refractivity contribution < 1.29 is 4.79 Å². The summed E-state index contributed by atoms with van der Waals surface area (Å²) in [6.07, 6.45) is 2.08. The number of benzene rings is 1. The molecule has 0 aromatic heterocycles. The lowest BCUT2D eigenvalue weighted by molar-refractivity contribution is 0.0692. The molecule has 1 saturated heterocycles. The second-order valence-corrected chi connectivity index (χ2v) is 4.51. The lowest BCUT2D eigenvalue weighted by Crippen LogP contribution is -2.42. The van der Waals surface area contributed by atoms with Gasteiger partial charge >= 0.3 is 0 Å². The molecule has 1 amide bonds. The third kappa shape index (κ3) is 2.86. The minimum absolute atomic E-state index is 0.168. The standard InChI is InChI=1S/C14H20N2O/c1-2-10-16(13-8-9-15-11-13)14(17)12-6-4-3-5-7-12/h3-7,13,15H,2,8-11H2,1H3. The van der Waals surface area contributed by atoms with Crippen molar-refractivity contribution in [2.45, 2.75) is 25.8 Å². The molecular formula is C14H20N2O. The van der Waals surface area contributed by atoms with Crippen LogP contribution in [0.4, 0.5) is 0 Å². The number of carbonyl (C=O) groups excluding carboxylic acids is 1. The summed E-state index contributed by atoms with van der Waals surface area (Å²) in [5.74, 6) is 0.168. The van der Waals surface area contributed by atoms with Crippen LogP contribution in [0.15, 0.2) is 30.3 Å². The van der Waals surface area contributed by atoms with E-state index < -0.39 is 0 Å². The maximum Gasteiger partial charge on any atom is 0.254 e. The Hall–Kier alpha value is -1.35. The van der Waals surface area contributed by atoms with E-state index in [0.29, 0.717) is 6.04 Å². The van der Waals surface area contributed by atoms with Crippen LogP contribution >= 0.6 is 0 Å². The fraction of sp³-hybridized carbons (Fsp3) is 0.500. The zero-order valence-corrected chi connectivity index (χ0v) is 10.4. The first-order chi connectivity index (χ1) is 8.33. The molecule has 1 aliphatic rings. The van der Waals surface area contributed by atoms with Crippen LogP contribution in [-0.4, -0.2) is 36.5 Å². The van der Waals surface area contributed by atoms with Gasteiger partial charge in [0.2, 0.25) is 0 Å². The van der Waals surface area contributed by atoms with Gasteiger partial charge in [-0.3, -0.25) is 4.79 Å². The lowest BCUT2D eigenvalue weighted by atomic mass is 10.1. The van der Waals surface area contributed by atoms with Gasteiger partial charge in [-0.2, -0.15) is 0 Å². The molecule has 2 rings (SSSR count). The first-order valence-electron chi connectivity index (χ1n) is 6.39. The number of nitrogens with zero attached hydrogens (tertiary/aromatic N) is 1. The van der Waals surface area contributed by atoms with Crippen molar-refractivity contribution in [3.8, 4) is 0 Å². The maximum absolute atomic E-state index is 12.4. The van der Waals surface area contributed by atoms with E-state index in [2.05, 4.69) is 12.2 Å². The summed E-state index contributed by atoms with van der Waals surface area (Å²) >= 11 is 0. The van der Waals surface area contributed by atoms with Crippen LogP contribution < -0.4 is 5.32 Å². The SMILES string of the molecule is CCCN(C(=O)c1ccccc1)C1CCNC1. The molecule has 1 aromatic carbocycles. The van der Waals surface area contributed by atoms with Crippen molar-refractivity contribution in [1.29, 1.82) is 0 Å². The van der Waals surface area contributed by atoms with Crippen molar-refractivity contribution in [3.63, 3.8) is 0 Å². The highest BCUT2D eigenvalue weighted by atomic mass is 16.2. The van der Waals surface area contributed by atoms with Gasteiger partial charge in [0.1, 0.15) is 0 Å². The molecule has 1 fully saturated rings. The van der Waals surface area contributed by atoms with Crippen molar-refractivity contribution in [2.75, 3.05) is 19.6 Å². The molecule has 17 heavy (non-hydrogen) atoms. The van der Waals surface area contributed by atoms with Crippen LogP contribution in [0.2, 0.25) is 0 Å². The first-order valence-corrected chi connectivity index (χ1v) is 6.39. The molecule has 1 heterocycles. The molecule has 0 radical (unpaired) electrons. The Labute approximate surface area is 103 Å². The van der Waals surface area contributed by atoms with Crippen molar-refractivity contribution in [1.82, 2.24) is 10.2 Å². The molecular weight excluding hydrogens is 212 g/mol. The highest BCUT2D eigenvalue weighted by Crippen LogP contribution is 2.13. The van der Waals surface area contributed by atoms with E-state index in [9.17, 15) is 4.79 Å². The maximum atomic E-state index is 12.4. The monoisotopic (exact) mass is 232 g/mol. The number of hydrogen-bond acceptors (Lipinski definition) is 2. The zero-order chi connectivity index (χ0) is 12.1. The smallest absolute Gasteiger partial charge is 0.254 e. The summed E-state index contributed by atoms with van der Waals surface area (Å²) in [5.41, 5.74) is 0.799. The Morgan fingerprint density at radius 2 is 2.18 bits per heavy atom. The lowest BCUT2D eigenvalue weighted by Gasteiger charge is -2.28. The summed E-state index contributed by atoms with van der Waals surface area (Å²) < 4.78 is 0. The number of hydrogen-bond donors (Lipinski definition) is 1. The minimum atomic E-state index is 0.168. The molecule has 3 nitrogen and oxygen atoms in total. The van der Waals surface area contributed by atoms with E-state index in [-0.39, 0.29) is 5.91 Å². The van der Waals surface area contributed by atoms with Crippen molar-refractivity contribution in [2.24, 2.45) is 0 Å². The summed E-state index contributed by atoms with van der Waals surface area (Å²) in [5, 5.41) is 3.32. The number of amides is 1. The summed E-state index contributed by atoms with van der Waals surface area (Å²) in [4.78, 5) is 14.4. The topological polar surface area (TPSA) is 32.3 Å².